The summed E-state index contributed by atoms with van der Waals surface area (Å²) in [6, 6.07) is 3.02. The normalized spacial score (nSPS) is 21.3. The molecule has 0 aromatic carbocycles. The van der Waals surface area contributed by atoms with Crippen molar-refractivity contribution in [3.63, 3.8) is 0 Å². The van der Waals surface area contributed by atoms with Crippen LogP contribution < -0.4 is 5.32 Å². The molecule has 0 spiro atoms. The third kappa shape index (κ3) is 3.33. The van der Waals surface area contributed by atoms with E-state index in [0.717, 1.165) is 17.9 Å². The van der Waals surface area contributed by atoms with Crippen molar-refractivity contribution in [2.75, 3.05) is 18.4 Å². The van der Waals surface area contributed by atoms with Gasteiger partial charge in [0.2, 0.25) is 0 Å². The van der Waals surface area contributed by atoms with Crippen LogP contribution in [-0.2, 0) is 0 Å². The van der Waals surface area contributed by atoms with Crippen LogP contribution in [0.4, 0.5) is 5.82 Å². The van der Waals surface area contributed by atoms with Gasteiger partial charge in [0.15, 0.2) is 5.15 Å². The topological polar surface area (TPSA) is 41.0 Å². The van der Waals surface area contributed by atoms with Crippen LogP contribution in [0.25, 0.3) is 0 Å². The largest absolute Gasteiger partial charge is 0.365 e. The maximum atomic E-state index is 5.88. The van der Waals surface area contributed by atoms with E-state index in [9.17, 15) is 0 Å². The van der Waals surface area contributed by atoms with Crippen LogP contribution in [0.5, 0.6) is 0 Å². The van der Waals surface area contributed by atoms with Gasteiger partial charge in [-0.05, 0) is 51.8 Å². The molecule has 0 aliphatic carbocycles. The summed E-state index contributed by atoms with van der Waals surface area (Å²) in [5.41, 5.74) is 0.964. The van der Waals surface area contributed by atoms with Crippen molar-refractivity contribution < 1.29 is 0 Å². The molecule has 2 rings (SSSR count). The summed E-state index contributed by atoms with van der Waals surface area (Å²) < 4.78 is 0. The molecule has 1 aliphatic heterocycles. The number of nitrogens with zero attached hydrogens (tertiary/aromatic N) is 3. The van der Waals surface area contributed by atoms with Crippen LogP contribution in [0.3, 0.4) is 0 Å². The number of aromatic nitrogens is 2. The highest BCUT2D eigenvalue weighted by atomic mass is 35.5. The Morgan fingerprint density at radius 3 is 2.89 bits per heavy atom. The maximum absolute atomic E-state index is 5.88. The number of rotatable bonds is 3. The van der Waals surface area contributed by atoms with E-state index in [1.54, 1.807) is 0 Å². The fourth-order valence-corrected chi connectivity index (χ4v) is 2.44. The summed E-state index contributed by atoms with van der Waals surface area (Å²) in [5, 5.41) is 12.0. The number of likely N-dealkylation sites (tertiary alicyclic amines) is 1. The minimum Gasteiger partial charge on any atom is -0.365 e. The molecule has 0 unspecified atom stereocenters. The smallest absolute Gasteiger partial charge is 0.154 e. The summed E-state index contributed by atoms with van der Waals surface area (Å²) in [4.78, 5) is 2.50. The highest BCUT2D eigenvalue weighted by Crippen LogP contribution is 2.18. The van der Waals surface area contributed by atoms with E-state index < -0.39 is 0 Å². The van der Waals surface area contributed by atoms with Crippen molar-refractivity contribution in [3.8, 4) is 0 Å². The first-order valence-electron chi connectivity index (χ1n) is 6.56. The molecule has 1 aliphatic rings. The zero-order chi connectivity index (χ0) is 13.1. The summed E-state index contributed by atoms with van der Waals surface area (Å²) in [6.07, 6.45) is 2.42. The summed E-state index contributed by atoms with van der Waals surface area (Å²) >= 11 is 5.88. The quantitative estimate of drug-likeness (QED) is 0.915. The molecule has 0 amide bonds. The van der Waals surface area contributed by atoms with Gasteiger partial charge in [-0.15, -0.1) is 10.2 Å². The fraction of sp³-hybridized carbons (Fsp3) is 0.692. The zero-order valence-corrected chi connectivity index (χ0v) is 12.0. The van der Waals surface area contributed by atoms with Crippen LogP contribution in [0.2, 0.25) is 5.15 Å². The number of hydrogen-bond acceptors (Lipinski definition) is 4. The van der Waals surface area contributed by atoms with Crippen molar-refractivity contribution in [2.24, 2.45) is 0 Å². The first kappa shape index (κ1) is 13.6. The molecule has 1 N–H and O–H groups in total. The predicted molar refractivity (Wildman–Crippen MR) is 75.1 cm³/mol. The lowest BCUT2D eigenvalue weighted by Crippen LogP contribution is -2.45. The van der Waals surface area contributed by atoms with Gasteiger partial charge < -0.3 is 5.32 Å². The van der Waals surface area contributed by atoms with Crippen LogP contribution in [0.1, 0.15) is 32.3 Å². The molecule has 2 heterocycles. The standard InChI is InChI=1S/C13H21ClN4/c1-9(2)18-6-4-5-11(8-18)15-12-7-10(3)13(14)17-16-12/h7,9,11H,4-6,8H2,1-3H3,(H,15,16)/t11-/m1/s1. The molecular formula is C13H21ClN4. The van der Waals surface area contributed by atoms with E-state index in [0.29, 0.717) is 17.2 Å². The van der Waals surface area contributed by atoms with Crippen molar-refractivity contribution in [1.82, 2.24) is 15.1 Å². The number of anilines is 1. The molecule has 0 saturated carbocycles. The lowest BCUT2D eigenvalue weighted by atomic mass is 10.0. The number of nitrogens with one attached hydrogen (secondary N) is 1. The van der Waals surface area contributed by atoms with Crippen molar-refractivity contribution in [3.05, 3.63) is 16.8 Å². The van der Waals surface area contributed by atoms with Gasteiger partial charge in [-0.2, -0.15) is 0 Å². The van der Waals surface area contributed by atoms with Gasteiger partial charge in [-0.3, -0.25) is 4.90 Å². The second kappa shape index (κ2) is 5.85. The predicted octanol–water partition coefficient (Wildman–Crippen LogP) is 2.72. The third-order valence-corrected chi connectivity index (χ3v) is 3.83. The SMILES string of the molecule is Cc1cc(N[C@@H]2CCCN(C(C)C)C2)nnc1Cl. The molecule has 18 heavy (non-hydrogen) atoms. The molecule has 5 heteroatoms. The second-order valence-corrected chi connectivity index (χ2v) is 5.63. The van der Waals surface area contributed by atoms with Gasteiger partial charge in [0.05, 0.1) is 0 Å². The minimum absolute atomic E-state index is 0.455. The second-order valence-electron chi connectivity index (χ2n) is 5.28. The number of hydrogen-bond donors (Lipinski definition) is 1. The van der Waals surface area contributed by atoms with E-state index in [-0.39, 0.29) is 0 Å². The molecule has 0 bridgehead atoms. The van der Waals surface area contributed by atoms with Crippen molar-refractivity contribution in [2.45, 2.75) is 45.7 Å². The molecule has 1 atom stereocenters. The Morgan fingerprint density at radius 2 is 2.22 bits per heavy atom. The molecule has 1 aromatic rings. The van der Waals surface area contributed by atoms with E-state index in [1.807, 2.05) is 13.0 Å². The van der Waals surface area contributed by atoms with Gasteiger partial charge in [-0.1, -0.05) is 11.6 Å². The Kier molecular flexibility index (Phi) is 4.40. The fourth-order valence-electron chi connectivity index (χ4n) is 2.34. The summed E-state index contributed by atoms with van der Waals surface area (Å²) in [6.45, 7) is 8.70. The molecule has 4 nitrogen and oxygen atoms in total. The molecule has 1 fully saturated rings. The van der Waals surface area contributed by atoms with Crippen molar-refractivity contribution in [1.29, 1.82) is 0 Å². The van der Waals surface area contributed by atoms with Crippen LogP contribution in [-0.4, -0.2) is 40.3 Å². The molecule has 100 valence electrons. The number of piperidine rings is 1. The monoisotopic (exact) mass is 268 g/mol. The molecule has 1 saturated heterocycles. The van der Waals surface area contributed by atoms with Gasteiger partial charge in [0.25, 0.3) is 0 Å². The first-order chi connectivity index (χ1) is 8.56. The van der Waals surface area contributed by atoms with Gasteiger partial charge in [0, 0.05) is 18.6 Å². The Hall–Kier alpha value is -0.870. The number of halogens is 1. The van der Waals surface area contributed by atoms with Gasteiger partial charge in [0.1, 0.15) is 5.82 Å². The summed E-state index contributed by atoms with van der Waals surface area (Å²) in [7, 11) is 0. The molecular weight excluding hydrogens is 248 g/mol. The Balaban J connectivity index is 1.98. The lowest BCUT2D eigenvalue weighted by Gasteiger charge is -2.35. The molecule has 1 aromatic heterocycles. The van der Waals surface area contributed by atoms with E-state index in [4.69, 9.17) is 11.6 Å². The Morgan fingerprint density at radius 1 is 1.44 bits per heavy atom. The van der Waals surface area contributed by atoms with Gasteiger partial charge >= 0.3 is 0 Å². The van der Waals surface area contributed by atoms with Crippen molar-refractivity contribution >= 4 is 17.4 Å². The Labute approximate surface area is 114 Å². The summed E-state index contributed by atoms with van der Waals surface area (Å²) in [5.74, 6) is 0.826. The van der Waals surface area contributed by atoms with Crippen LogP contribution in [0, 0.1) is 6.92 Å². The maximum Gasteiger partial charge on any atom is 0.154 e. The molecule has 0 radical (unpaired) electrons. The highest BCUT2D eigenvalue weighted by Gasteiger charge is 2.21. The first-order valence-corrected chi connectivity index (χ1v) is 6.94. The van der Waals surface area contributed by atoms with Gasteiger partial charge in [-0.25, -0.2) is 0 Å². The van der Waals surface area contributed by atoms with Crippen LogP contribution in [0.15, 0.2) is 6.07 Å². The van der Waals surface area contributed by atoms with E-state index >= 15 is 0 Å². The average molecular weight is 269 g/mol. The third-order valence-electron chi connectivity index (χ3n) is 3.46. The minimum atomic E-state index is 0.455. The average Bonchev–Trinajstić information content (AvgIpc) is 2.34. The number of aryl methyl sites for hydroxylation is 1. The highest BCUT2D eigenvalue weighted by molar-refractivity contribution is 6.30. The van der Waals surface area contributed by atoms with E-state index in [1.165, 1.54) is 19.4 Å². The van der Waals surface area contributed by atoms with Crippen LogP contribution >= 0.6 is 11.6 Å². The zero-order valence-electron chi connectivity index (χ0n) is 11.3. The Bertz CT molecular complexity index is 408. The van der Waals surface area contributed by atoms with E-state index in [2.05, 4.69) is 34.3 Å². The lowest BCUT2D eigenvalue weighted by molar-refractivity contribution is 0.174.